The Kier molecular flexibility index (Phi) is 2.76. The summed E-state index contributed by atoms with van der Waals surface area (Å²) in [4.78, 5) is 10.6. The summed E-state index contributed by atoms with van der Waals surface area (Å²) < 4.78 is 1.77. The second-order valence-corrected chi connectivity index (χ2v) is 2.41. The zero-order valence-electron chi connectivity index (χ0n) is 6.60. The van der Waals surface area contributed by atoms with Crippen molar-refractivity contribution in [3.8, 4) is 0 Å². The lowest BCUT2D eigenvalue weighted by atomic mass is 10.2. The molecule has 0 saturated carbocycles. The number of rotatable bonds is 3. The highest BCUT2D eigenvalue weighted by molar-refractivity contribution is 5.92. The molecular formula is C8H11N2O2+. The summed E-state index contributed by atoms with van der Waals surface area (Å²) in [7, 11) is 0. The number of aromatic nitrogens is 1. The van der Waals surface area contributed by atoms with Crippen LogP contribution in [0.25, 0.3) is 0 Å². The fourth-order valence-electron chi connectivity index (χ4n) is 0.886. The Labute approximate surface area is 70.3 Å². The first-order valence-corrected chi connectivity index (χ1v) is 3.64. The highest BCUT2D eigenvalue weighted by atomic mass is 16.3. The summed E-state index contributed by atoms with van der Waals surface area (Å²) in [5.41, 5.74) is 5.52. The minimum absolute atomic E-state index is 0.0839. The van der Waals surface area contributed by atoms with E-state index in [0.717, 1.165) is 0 Å². The van der Waals surface area contributed by atoms with E-state index in [-0.39, 0.29) is 6.61 Å². The number of nitrogens with two attached hydrogens (primary N) is 1. The van der Waals surface area contributed by atoms with Gasteiger partial charge in [0.25, 0.3) is 0 Å². The van der Waals surface area contributed by atoms with Crippen molar-refractivity contribution >= 4 is 5.91 Å². The Balaban J connectivity index is 2.78. The van der Waals surface area contributed by atoms with E-state index in [1.807, 2.05) is 0 Å². The van der Waals surface area contributed by atoms with E-state index in [9.17, 15) is 4.79 Å². The third kappa shape index (κ3) is 2.03. The van der Waals surface area contributed by atoms with Crippen LogP contribution in [0.15, 0.2) is 24.5 Å². The maximum atomic E-state index is 10.6. The minimum atomic E-state index is -0.439. The fraction of sp³-hybridized carbons (Fsp3) is 0.250. The van der Waals surface area contributed by atoms with Crippen LogP contribution in [-0.2, 0) is 6.54 Å². The summed E-state index contributed by atoms with van der Waals surface area (Å²) in [5.74, 6) is -0.439. The largest absolute Gasteiger partial charge is 0.390 e. The van der Waals surface area contributed by atoms with Crippen molar-refractivity contribution in [2.75, 3.05) is 6.61 Å². The number of primary amides is 1. The van der Waals surface area contributed by atoms with Crippen molar-refractivity contribution in [1.82, 2.24) is 0 Å². The second kappa shape index (κ2) is 3.82. The van der Waals surface area contributed by atoms with Gasteiger partial charge in [-0.2, -0.15) is 0 Å². The Bertz CT molecular complexity index is 269. The molecule has 0 bridgehead atoms. The third-order valence-electron chi connectivity index (χ3n) is 1.53. The summed E-state index contributed by atoms with van der Waals surface area (Å²) in [6.07, 6.45) is 3.41. The van der Waals surface area contributed by atoms with Crippen molar-refractivity contribution in [1.29, 1.82) is 0 Å². The van der Waals surface area contributed by atoms with Crippen molar-refractivity contribution < 1.29 is 14.5 Å². The molecule has 12 heavy (non-hydrogen) atoms. The van der Waals surface area contributed by atoms with E-state index in [0.29, 0.717) is 12.1 Å². The summed E-state index contributed by atoms with van der Waals surface area (Å²) in [5, 5.41) is 8.59. The number of aliphatic hydroxyl groups excluding tert-OH is 1. The first-order chi connectivity index (χ1) is 5.74. The van der Waals surface area contributed by atoms with Crippen molar-refractivity contribution in [3.05, 3.63) is 30.1 Å². The second-order valence-electron chi connectivity index (χ2n) is 2.41. The van der Waals surface area contributed by atoms with E-state index in [2.05, 4.69) is 0 Å². The zero-order valence-corrected chi connectivity index (χ0v) is 6.60. The van der Waals surface area contributed by atoms with Gasteiger partial charge in [0.2, 0.25) is 5.91 Å². The highest BCUT2D eigenvalue weighted by Gasteiger charge is 2.02. The number of hydrogen-bond donors (Lipinski definition) is 2. The predicted octanol–water partition coefficient (Wildman–Crippen LogP) is -0.935. The van der Waals surface area contributed by atoms with E-state index in [1.54, 1.807) is 29.1 Å². The van der Waals surface area contributed by atoms with Crippen LogP contribution in [0.5, 0.6) is 0 Å². The SMILES string of the molecule is NC(=O)c1cc[n+](CCO)cc1. The minimum Gasteiger partial charge on any atom is -0.390 e. The lowest BCUT2D eigenvalue weighted by molar-refractivity contribution is -0.698. The Morgan fingerprint density at radius 2 is 2.08 bits per heavy atom. The molecule has 0 aliphatic rings. The van der Waals surface area contributed by atoms with Crippen LogP contribution in [0.1, 0.15) is 10.4 Å². The lowest BCUT2D eigenvalue weighted by Crippen LogP contribution is -2.34. The molecule has 1 heterocycles. The van der Waals surface area contributed by atoms with Gasteiger partial charge in [0.15, 0.2) is 18.9 Å². The van der Waals surface area contributed by atoms with E-state index >= 15 is 0 Å². The van der Waals surface area contributed by atoms with Gasteiger partial charge in [-0.05, 0) is 0 Å². The van der Waals surface area contributed by atoms with Crippen molar-refractivity contribution in [3.63, 3.8) is 0 Å². The number of amides is 1. The number of aliphatic hydroxyl groups is 1. The molecule has 1 aromatic heterocycles. The summed E-state index contributed by atoms with van der Waals surface area (Å²) >= 11 is 0. The first-order valence-electron chi connectivity index (χ1n) is 3.64. The lowest BCUT2D eigenvalue weighted by Gasteiger charge is -1.94. The number of nitrogens with zero attached hydrogens (tertiary/aromatic N) is 1. The molecule has 0 unspecified atom stereocenters. The molecule has 1 rings (SSSR count). The van der Waals surface area contributed by atoms with Gasteiger partial charge in [0.05, 0.1) is 5.56 Å². The van der Waals surface area contributed by atoms with E-state index < -0.39 is 5.91 Å². The van der Waals surface area contributed by atoms with Crippen LogP contribution in [0, 0.1) is 0 Å². The Morgan fingerprint density at radius 3 is 2.50 bits per heavy atom. The zero-order chi connectivity index (χ0) is 8.97. The molecule has 0 aliphatic carbocycles. The average molecular weight is 167 g/mol. The van der Waals surface area contributed by atoms with Gasteiger partial charge in [-0.1, -0.05) is 0 Å². The third-order valence-corrected chi connectivity index (χ3v) is 1.53. The monoisotopic (exact) mass is 167 g/mol. The number of carbonyl (C=O) groups excluding carboxylic acids is 1. The van der Waals surface area contributed by atoms with E-state index in [4.69, 9.17) is 10.8 Å². The normalized spacial score (nSPS) is 9.75. The molecule has 64 valence electrons. The molecule has 0 aliphatic heterocycles. The van der Waals surface area contributed by atoms with Crippen LogP contribution in [0.4, 0.5) is 0 Å². The molecule has 0 fully saturated rings. The van der Waals surface area contributed by atoms with Gasteiger partial charge in [-0.25, -0.2) is 4.57 Å². The van der Waals surface area contributed by atoms with Crippen molar-refractivity contribution in [2.45, 2.75) is 6.54 Å². The van der Waals surface area contributed by atoms with Gasteiger partial charge in [0.1, 0.15) is 6.61 Å². The van der Waals surface area contributed by atoms with Crippen LogP contribution in [0.3, 0.4) is 0 Å². The standard InChI is InChI=1S/C8H10N2O2/c9-8(12)7-1-3-10(4-2-7)5-6-11/h1-4,11H,5-6H2,(H-,9,12)/p+1. The quantitative estimate of drug-likeness (QED) is 0.571. The molecule has 0 spiro atoms. The average Bonchev–Trinajstić information content (AvgIpc) is 2.06. The topological polar surface area (TPSA) is 67.2 Å². The molecule has 4 heteroatoms. The highest BCUT2D eigenvalue weighted by Crippen LogP contribution is 1.91. The van der Waals surface area contributed by atoms with Crippen LogP contribution in [-0.4, -0.2) is 17.6 Å². The van der Waals surface area contributed by atoms with Crippen LogP contribution >= 0.6 is 0 Å². The Morgan fingerprint density at radius 1 is 1.50 bits per heavy atom. The summed E-state index contributed by atoms with van der Waals surface area (Å²) in [6, 6.07) is 3.25. The molecule has 1 aromatic rings. The molecule has 0 atom stereocenters. The predicted molar refractivity (Wildman–Crippen MR) is 42.2 cm³/mol. The maximum absolute atomic E-state index is 10.6. The number of carbonyl (C=O) groups is 1. The molecular weight excluding hydrogens is 156 g/mol. The molecule has 1 amide bonds. The smallest absolute Gasteiger partial charge is 0.249 e. The van der Waals surface area contributed by atoms with Gasteiger partial charge in [-0.3, -0.25) is 4.79 Å². The molecule has 0 saturated heterocycles. The molecule has 0 radical (unpaired) electrons. The van der Waals surface area contributed by atoms with Gasteiger partial charge in [0, 0.05) is 12.1 Å². The van der Waals surface area contributed by atoms with Gasteiger partial charge >= 0.3 is 0 Å². The first kappa shape index (κ1) is 8.67. The van der Waals surface area contributed by atoms with Crippen LogP contribution < -0.4 is 10.3 Å². The van der Waals surface area contributed by atoms with E-state index in [1.165, 1.54) is 0 Å². The summed E-state index contributed by atoms with van der Waals surface area (Å²) in [6.45, 7) is 0.611. The molecule has 0 aromatic carbocycles. The van der Waals surface area contributed by atoms with Crippen LogP contribution in [0.2, 0.25) is 0 Å². The molecule has 3 N–H and O–H groups in total. The fourth-order valence-corrected chi connectivity index (χ4v) is 0.886. The van der Waals surface area contributed by atoms with Crippen molar-refractivity contribution in [2.24, 2.45) is 5.73 Å². The molecule has 4 nitrogen and oxygen atoms in total. The Hall–Kier alpha value is -1.42. The van der Waals surface area contributed by atoms with Gasteiger partial charge in [-0.15, -0.1) is 0 Å². The maximum Gasteiger partial charge on any atom is 0.249 e. The van der Waals surface area contributed by atoms with Gasteiger partial charge < -0.3 is 10.8 Å². The number of pyridine rings is 1. The number of hydrogen-bond acceptors (Lipinski definition) is 2.